The topological polar surface area (TPSA) is 15.3 Å². The van der Waals surface area contributed by atoms with E-state index in [0.29, 0.717) is 0 Å². The lowest BCUT2D eigenvalue weighted by molar-refractivity contribution is 0.176. The number of rotatable bonds is 9. The molecule has 0 aromatic heterocycles. The molecule has 0 aliphatic carbocycles. The number of likely N-dealkylation sites (tertiary alicyclic amines) is 1. The van der Waals surface area contributed by atoms with Gasteiger partial charge in [0, 0.05) is 0 Å². The zero-order valence-corrected chi connectivity index (χ0v) is 12.0. The minimum absolute atomic E-state index is 0.985. The van der Waals surface area contributed by atoms with Crippen molar-refractivity contribution in [3.05, 3.63) is 0 Å². The van der Waals surface area contributed by atoms with Gasteiger partial charge in [0.05, 0.1) is 0 Å². The Bertz CT molecular complexity index is 160. The number of hydrogen-bond acceptors (Lipinski definition) is 2. The van der Waals surface area contributed by atoms with Gasteiger partial charge in [-0.1, -0.05) is 32.6 Å². The third-order valence-electron chi connectivity index (χ3n) is 4.09. The van der Waals surface area contributed by atoms with Crippen LogP contribution in [0.3, 0.4) is 0 Å². The Hall–Kier alpha value is -0.0800. The Balaban J connectivity index is 1.95. The molecule has 1 fully saturated rings. The van der Waals surface area contributed by atoms with Crippen LogP contribution >= 0.6 is 0 Å². The Kier molecular flexibility index (Phi) is 8.72. The molecule has 2 heteroatoms. The summed E-state index contributed by atoms with van der Waals surface area (Å²) in [5.74, 6) is 0.985. The van der Waals surface area contributed by atoms with Crippen LogP contribution in [0.2, 0.25) is 0 Å². The van der Waals surface area contributed by atoms with Crippen LogP contribution in [0.1, 0.15) is 58.3 Å². The Labute approximate surface area is 108 Å². The van der Waals surface area contributed by atoms with E-state index < -0.39 is 0 Å². The fraction of sp³-hybridized carbons (Fsp3) is 1.00. The van der Waals surface area contributed by atoms with Crippen LogP contribution in [0.5, 0.6) is 0 Å². The number of unbranched alkanes of at least 4 members (excludes halogenated alkanes) is 4. The van der Waals surface area contributed by atoms with E-state index in [4.69, 9.17) is 0 Å². The second kappa shape index (κ2) is 9.90. The third-order valence-corrected chi connectivity index (χ3v) is 4.09. The summed E-state index contributed by atoms with van der Waals surface area (Å²) >= 11 is 0. The number of piperidine rings is 1. The number of nitrogens with one attached hydrogen (secondary N) is 1. The van der Waals surface area contributed by atoms with Crippen LogP contribution in [-0.4, -0.2) is 38.1 Å². The summed E-state index contributed by atoms with van der Waals surface area (Å²) in [6.45, 7) is 7.53. The van der Waals surface area contributed by atoms with Gasteiger partial charge in [-0.05, 0) is 64.8 Å². The molecule has 0 unspecified atom stereocenters. The van der Waals surface area contributed by atoms with Gasteiger partial charge in [0.2, 0.25) is 0 Å². The molecule has 0 spiro atoms. The third kappa shape index (κ3) is 7.05. The van der Waals surface area contributed by atoms with Crippen molar-refractivity contribution in [2.24, 2.45) is 5.92 Å². The van der Waals surface area contributed by atoms with E-state index in [2.05, 4.69) is 24.2 Å². The zero-order valence-electron chi connectivity index (χ0n) is 12.0. The monoisotopic (exact) mass is 240 g/mol. The average molecular weight is 240 g/mol. The maximum absolute atomic E-state index is 3.27. The Morgan fingerprint density at radius 3 is 2.41 bits per heavy atom. The molecular weight excluding hydrogens is 208 g/mol. The molecule has 0 saturated carbocycles. The summed E-state index contributed by atoms with van der Waals surface area (Å²) in [6.07, 6.45) is 11.3. The summed E-state index contributed by atoms with van der Waals surface area (Å²) in [5, 5.41) is 3.27. The van der Waals surface area contributed by atoms with Crippen molar-refractivity contribution in [3.8, 4) is 0 Å². The maximum Gasteiger partial charge on any atom is -0.00161 e. The molecule has 1 saturated heterocycles. The van der Waals surface area contributed by atoms with Gasteiger partial charge >= 0.3 is 0 Å². The second-order valence-corrected chi connectivity index (χ2v) is 5.59. The highest BCUT2D eigenvalue weighted by atomic mass is 15.1. The van der Waals surface area contributed by atoms with E-state index in [-0.39, 0.29) is 0 Å². The summed E-state index contributed by atoms with van der Waals surface area (Å²) in [5.41, 5.74) is 0. The largest absolute Gasteiger partial charge is 0.320 e. The van der Waals surface area contributed by atoms with Crippen molar-refractivity contribution in [1.82, 2.24) is 10.2 Å². The van der Waals surface area contributed by atoms with Gasteiger partial charge in [-0.15, -0.1) is 0 Å². The van der Waals surface area contributed by atoms with Gasteiger partial charge in [-0.25, -0.2) is 0 Å². The van der Waals surface area contributed by atoms with Gasteiger partial charge in [0.15, 0.2) is 0 Å². The lowest BCUT2D eigenvalue weighted by Gasteiger charge is -2.32. The molecule has 102 valence electrons. The lowest BCUT2D eigenvalue weighted by atomic mass is 9.93. The van der Waals surface area contributed by atoms with Crippen molar-refractivity contribution in [1.29, 1.82) is 0 Å². The molecule has 0 aromatic rings. The molecule has 0 bridgehead atoms. The number of hydrogen-bond donors (Lipinski definition) is 1. The average Bonchev–Trinajstić information content (AvgIpc) is 2.37. The summed E-state index contributed by atoms with van der Waals surface area (Å²) < 4.78 is 0. The Morgan fingerprint density at radius 1 is 1.06 bits per heavy atom. The molecule has 2 nitrogen and oxygen atoms in total. The molecular formula is C15H32N2. The molecule has 0 amide bonds. The molecule has 1 aliphatic rings. The van der Waals surface area contributed by atoms with Crippen molar-refractivity contribution in [2.45, 2.75) is 58.3 Å². The van der Waals surface area contributed by atoms with Gasteiger partial charge in [0.1, 0.15) is 0 Å². The summed E-state index contributed by atoms with van der Waals surface area (Å²) in [7, 11) is 2.06. The fourth-order valence-corrected chi connectivity index (χ4v) is 2.79. The number of nitrogens with zero attached hydrogens (tertiary/aromatic N) is 1. The first-order chi connectivity index (χ1) is 8.36. The predicted molar refractivity (Wildman–Crippen MR) is 76.5 cm³/mol. The highest BCUT2D eigenvalue weighted by molar-refractivity contribution is 4.72. The van der Waals surface area contributed by atoms with Gasteiger partial charge in [-0.3, -0.25) is 0 Å². The predicted octanol–water partition coefficient (Wildman–Crippen LogP) is 3.28. The van der Waals surface area contributed by atoms with Crippen LogP contribution in [0, 0.1) is 5.92 Å². The van der Waals surface area contributed by atoms with Crippen molar-refractivity contribution < 1.29 is 0 Å². The molecule has 1 N–H and O–H groups in total. The molecule has 0 radical (unpaired) electrons. The van der Waals surface area contributed by atoms with Crippen molar-refractivity contribution in [2.75, 3.05) is 33.2 Å². The first kappa shape index (κ1) is 15.0. The minimum Gasteiger partial charge on any atom is -0.320 e. The highest BCUT2D eigenvalue weighted by Crippen LogP contribution is 2.20. The minimum atomic E-state index is 0.985. The normalized spacial score (nSPS) is 18.7. The first-order valence-electron chi connectivity index (χ1n) is 7.73. The fourth-order valence-electron chi connectivity index (χ4n) is 2.79. The van der Waals surface area contributed by atoms with Crippen LogP contribution in [-0.2, 0) is 0 Å². The SMILES string of the molecule is CCCCCCCN1CCC(CCNC)CC1. The molecule has 17 heavy (non-hydrogen) atoms. The van der Waals surface area contributed by atoms with E-state index in [9.17, 15) is 0 Å². The van der Waals surface area contributed by atoms with Gasteiger partial charge in [0.25, 0.3) is 0 Å². The molecule has 1 heterocycles. The highest BCUT2D eigenvalue weighted by Gasteiger charge is 2.17. The molecule has 1 aliphatic heterocycles. The summed E-state index contributed by atoms with van der Waals surface area (Å²) in [4.78, 5) is 2.68. The lowest BCUT2D eigenvalue weighted by Crippen LogP contribution is -2.35. The van der Waals surface area contributed by atoms with E-state index >= 15 is 0 Å². The summed E-state index contributed by atoms with van der Waals surface area (Å²) in [6, 6.07) is 0. The van der Waals surface area contributed by atoms with Crippen molar-refractivity contribution >= 4 is 0 Å². The zero-order chi connectivity index (χ0) is 12.3. The standard InChI is InChI=1S/C15H32N2/c1-3-4-5-6-7-12-17-13-9-15(10-14-17)8-11-16-2/h15-16H,3-14H2,1-2H3. The van der Waals surface area contributed by atoms with Crippen LogP contribution < -0.4 is 5.32 Å². The molecule has 0 atom stereocenters. The van der Waals surface area contributed by atoms with Crippen LogP contribution in [0.4, 0.5) is 0 Å². The quantitative estimate of drug-likeness (QED) is 0.622. The first-order valence-corrected chi connectivity index (χ1v) is 7.73. The van der Waals surface area contributed by atoms with Gasteiger partial charge < -0.3 is 10.2 Å². The molecule has 0 aromatic carbocycles. The molecule has 1 rings (SSSR count). The van der Waals surface area contributed by atoms with E-state index in [0.717, 1.165) is 5.92 Å². The van der Waals surface area contributed by atoms with E-state index in [1.54, 1.807) is 0 Å². The maximum atomic E-state index is 3.27. The van der Waals surface area contributed by atoms with E-state index in [1.807, 2.05) is 0 Å². The second-order valence-electron chi connectivity index (χ2n) is 5.59. The van der Waals surface area contributed by atoms with Crippen LogP contribution in [0.15, 0.2) is 0 Å². The van der Waals surface area contributed by atoms with Crippen LogP contribution in [0.25, 0.3) is 0 Å². The smallest absolute Gasteiger partial charge is 0.00161 e. The van der Waals surface area contributed by atoms with E-state index in [1.165, 1.54) is 77.5 Å². The Morgan fingerprint density at radius 2 is 1.76 bits per heavy atom. The van der Waals surface area contributed by atoms with Gasteiger partial charge in [-0.2, -0.15) is 0 Å². The van der Waals surface area contributed by atoms with Crippen molar-refractivity contribution in [3.63, 3.8) is 0 Å².